The molecule has 0 aromatic heterocycles. The molecule has 0 fully saturated rings. The van der Waals surface area contributed by atoms with Crippen molar-refractivity contribution in [1.29, 1.82) is 0 Å². The van der Waals surface area contributed by atoms with Crippen LogP contribution >= 0.6 is 23.4 Å². The monoisotopic (exact) mass is 342 g/mol. The lowest BCUT2D eigenvalue weighted by molar-refractivity contribution is 0.600. The van der Waals surface area contributed by atoms with Gasteiger partial charge in [0.1, 0.15) is 0 Å². The number of hydrogen-bond donors (Lipinski definition) is 2. The molecule has 3 N–H and O–H groups in total. The van der Waals surface area contributed by atoms with Crippen LogP contribution < -0.4 is 10.5 Å². The summed E-state index contributed by atoms with van der Waals surface area (Å²) < 4.78 is 27.5. The lowest BCUT2D eigenvalue weighted by Crippen LogP contribution is -2.15. The Morgan fingerprint density at radius 1 is 1.24 bits per heavy atom. The maximum absolute atomic E-state index is 12.5. The zero-order chi connectivity index (χ0) is 15.6. The minimum absolute atomic E-state index is 0.0852. The first kappa shape index (κ1) is 16.0. The van der Waals surface area contributed by atoms with E-state index in [4.69, 9.17) is 17.3 Å². The number of rotatable bonds is 4. The molecule has 0 spiro atoms. The second-order valence-corrected chi connectivity index (χ2v) is 7.42. The second-order valence-electron chi connectivity index (χ2n) is 4.46. The van der Waals surface area contributed by atoms with Crippen molar-refractivity contribution in [2.24, 2.45) is 0 Å². The zero-order valence-corrected chi connectivity index (χ0v) is 13.9. The molecule has 0 atom stereocenters. The van der Waals surface area contributed by atoms with Crippen molar-refractivity contribution in [3.8, 4) is 0 Å². The van der Waals surface area contributed by atoms with Gasteiger partial charge in [0.2, 0.25) is 0 Å². The molecule has 4 nitrogen and oxygen atoms in total. The van der Waals surface area contributed by atoms with Crippen molar-refractivity contribution in [2.45, 2.75) is 16.7 Å². The van der Waals surface area contributed by atoms with Crippen LogP contribution in [0, 0.1) is 6.92 Å². The van der Waals surface area contributed by atoms with Crippen molar-refractivity contribution in [2.75, 3.05) is 16.7 Å². The molecule has 2 aromatic rings. The topological polar surface area (TPSA) is 72.2 Å². The molecule has 2 rings (SSSR count). The molecule has 2 aromatic carbocycles. The van der Waals surface area contributed by atoms with Crippen LogP contribution in [0.2, 0.25) is 5.02 Å². The summed E-state index contributed by atoms with van der Waals surface area (Å²) in [6.45, 7) is 1.65. The maximum atomic E-state index is 12.5. The van der Waals surface area contributed by atoms with Crippen molar-refractivity contribution in [3.63, 3.8) is 0 Å². The molecule has 0 bridgehead atoms. The van der Waals surface area contributed by atoms with Crippen molar-refractivity contribution in [3.05, 3.63) is 47.0 Å². The van der Waals surface area contributed by atoms with Gasteiger partial charge in [0.05, 0.1) is 4.90 Å². The van der Waals surface area contributed by atoms with Gasteiger partial charge in [-0.1, -0.05) is 17.7 Å². The third kappa shape index (κ3) is 3.64. The van der Waals surface area contributed by atoms with Gasteiger partial charge in [-0.2, -0.15) is 0 Å². The molecule has 0 aliphatic carbocycles. The van der Waals surface area contributed by atoms with E-state index in [1.54, 1.807) is 25.1 Å². The zero-order valence-electron chi connectivity index (χ0n) is 11.6. The van der Waals surface area contributed by atoms with E-state index in [0.717, 1.165) is 4.90 Å². The lowest BCUT2D eigenvalue weighted by Gasteiger charge is -2.13. The Labute approximate surface area is 133 Å². The van der Waals surface area contributed by atoms with E-state index < -0.39 is 10.0 Å². The van der Waals surface area contributed by atoms with Crippen molar-refractivity contribution >= 4 is 44.8 Å². The van der Waals surface area contributed by atoms with Crippen LogP contribution in [-0.2, 0) is 10.0 Å². The number of hydrogen-bond acceptors (Lipinski definition) is 4. The number of halogens is 1. The first-order valence-electron chi connectivity index (χ1n) is 6.06. The van der Waals surface area contributed by atoms with Crippen LogP contribution in [0.4, 0.5) is 11.4 Å². The van der Waals surface area contributed by atoms with Gasteiger partial charge >= 0.3 is 0 Å². The van der Waals surface area contributed by atoms with Crippen LogP contribution in [-0.4, -0.2) is 14.7 Å². The number of nitrogens with two attached hydrogens (primary N) is 1. The third-order valence-electron chi connectivity index (χ3n) is 2.98. The van der Waals surface area contributed by atoms with E-state index >= 15 is 0 Å². The summed E-state index contributed by atoms with van der Waals surface area (Å²) in [6, 6.07) is 10.1. The summed E-state index contributed by atoms with van der Waals surface area (Å²) in [4.78, 5) is 1.06. The van der Waals surface area contributed by atoms with Gasteiger partial charge in [0, 0.05) is 21.3 Å². The molecule has 0 saturated carbocycles. The Hall–Kier alpha value is -1.37. The lowest BCUT2D eigenvalue weighted by atomic mass is 10.2. The summed E-state index contributed by atoms with van der Waals surface area (Å²) >= 11 is 7.44. The fourth-order valence-corrected chi connectivity index (χ4v) is 3.95. The Balaban J connectivity index is 2.43. The Morgan fingerprint density at radius 2 is 1.95 bits per heavy atom. The SMILES string of the molecule is CSc1cccc(NS(=O)(=O)c2cc(Cl)cc(N)c2C)c1. The normalized spacial score (nSPS) is 11.4. The molecule has 112 valence electrons. The number of nitrogen functional groups attached to an aromatic ring is 1. The summed E-state index contributed by atoms with van der Waals surface area (Å²) in [5, 5.41) is 0.288. The fraction of sp³-hybridized carbons (Fsp3) is 0.143. The van der Waals surface area contributed by atoms with E-state index in [1.807, 2.05) is 12.3 Å². The fourth-order valence-electron chi connectivity index (χ4n) is 1.85. The highest BCUT2D eigenvalue weighted by atomic mass is 35.5. The second kappa shape index (κ2) is 6.17. The highest BCUT2D eigenvalue weighted by Crippen LogP contribution is 2.28. The largest absolute Gasteiger partial charge is 0.398 e. The van der Waals surface area contributed by atoms with Crippen LogP contribution in [0.3, 0.4) is 0 Å². The molecule has 0 aliphatic rings. The molecular formula is C14H15ClN2O2S2. The molecule has 0 radical (unpaired) electrons. The third-order valence-corrected chi connectivity index (χ3v) is 5.43. The Morgan fingerprint density at radius 3 is 2.62 bits per heavy atom. The number of thioether (sulfide) groups is 1. The van der Waals surface area contributed by atoms with Crippen molar-refractivity contribution in [1.82, 2.24) is 0 Å². The van der Waals surface area contributed by atoms with Gasteiger partial charge in [0.25, 0.3) is 10.0 Å². The number of nitrogens with one attached hydrogen (secondary N) is 1. The highest BCUT2D eigenvalue weighted by molar-refractivity contribution is 7.98. The number of benzene rings is 2. The first-order valence-corrected chi connectivity index (χ1v) is 9.14. The van der Waals surface area contributed by atoms with Gasteiger partial charge in [0.15, 0.2) is 0 Å². The average molecular weight is 343 g/mol. The van der Waals surface area contributed by atoms with Crippen LogP contribution in [0.15, 0.2) is 46.2 Å². The summed E-state index contributed by atoms with van der Waals surface area (Å²) in [7, 11) is -3.74. The maximum Gasteiger partial charge on any atom is 0.262 e. The Kier molecular flexibility index (Phi) is 4.70. The van der Waals surface area contributed by atoms with E-state index in [2.05, 4.69) is 4.72 Å². The van der Waals surface area contributed by atoms with Crippen molar-refractivity contribution < 1.29 is 8.42 Å². The van der Waals surface area contributed by atoms with E-state index in [-0.39, 0.29) is 9.92 Å². The van der Waals surface area contributed by atoms with Crippen LogP contribution in [0.1, 0.15) is 5.56 Å². The van der Waals surface area contributed by atoms with Gasteiger partial charge in [-0.3, -0.25) is 4.72 Å². The minimum atomic E-state index is -3.74. The van der Waals surface area contributed by atoms with Gasteiger partial charge in [-0.15, -0.1) is 11.8 Å². The molecule has 0 aliphatic heterocycles. The molecular weight excluding hydrogens is 328 g/mol. The van der Waals surface area contributed by atoms with E-state index in [9.17, 15) is 8.42 Å². The van der Waals surface area contributed by atoms with Crippen LogP contribution in [0.25, 0.3) is 0 Å². The van der Waals surface area contributed by atoms with Crippen LogP contribution in [0.5, 0.6) is 0 Å². The minimum Gasteiger partial charge on any atom is -0.398 e. The molecule has 7 heteroatoms. The highest BCUT2D eigenvalue weighted by Gasteiger charge is 2.19. The summed E-state index contributed by atoms with van der Waals surface area (Å²) in [6.07, 6.45) is 1.93. The molecule has 21 heavy (non-hydrogen) atoms. The standard InChI is InChI=1S/C14H15ClN2O2S2/c1-9-13(16)6-10(15)7-14(9)21(18,19)17-11-4-3-5-12(8-11)20-2/h3-8,17H,16H2,1-2H3. The average Bonchev–Trinajstić information content (AvgIpc) is 2.42. The van der Waals surface area contributed by atoms with Gasteiger partial charge in [-0.25, -0.2) is 8.42 Å². The van der Waals surface area contributed by atoms with E-state index in [0.29, 0.717) is 16.9 Å². The smallest absolute Gasteiger partial charge is 0.262 e. The molecule has 0 unspecified atom stereocenters. The van der Waals surface area contributed by atoms with Gasteiger partial charge in [-0.05, 0) is 49.1 Å². The summed E-state index contributed by atoms with van der Waals surface area (Å²) in [5.41, 5.74) is 7.10. The number of sulfonamides is 1. The predicted octanol–water partition coefficient (Wildman–Crippen LogP) is 3.75. The molecule has 0 saturated heterocycles. The first-order chi connectivity index (χ1) is 9.83. The summed E-state index contributed by atoms with van der Waals surface area (Å²) in [5.74, 6) is 0. The Bertz CT molecular complexity index is 777. The van der Waals surface area contributed by atoms with E-state index in [1.165, 1.54) is 23.9 Å². The number of anilines is 2. The molecule has 0 heterocycles. The molecule has 0 amide bonds. The van der Waals surface area contributed by atoms with Gasteiger partial charge < -0.3 is 5.73 Å². The quantitative estimate of drug-likeness (QED) is 0.655. The predicted molar refractivity (Wildman–Crippen MR) is 89.6 cm³/mol.